The van der Waals surface area contributed by atoms with Gasteiger partial charge in [0.25, 0.3) is 0 Å². The molecule has 0 aliphatic heterocycles. The van der Waals surface area contributed by atoms with Gasteiger partial charge in [-0.3, -0.25) is 0 Å². The molecule has 1 aromatic heterocycles. The highest BCUT2D eigenvalue weighted by atomic mass is 16.4. The summed E-state index contributed by atoms with van der Waals surface area (Å²) >= 11 is 0. The topological polar surface area (TPSA) is 50.4 Å². The molecule has 82 valence electrons. The molecule has 1 heterocycles. The first-order valence-corrected chi connectivity index (χ1v) is 5.58. The zero-order valence-electron chi connectivity index (χ0n) is 8.95. The Hall–Kier alpha value is -1.25. The van der Waals surface area contributed by atoms with Gasteiger partial charge in [-0.1, -0.05) is 13.3 Å². The number of hydrogen-bond acceptors (Lipinski definition) is 2. The number of carboxylic acids is 1. The van der Waals surface area contributed by atoms with Crippen molar-refractivity contribution in [2.75, 3.05) is 0 Å². The Morgan fingerprint density at radius 2 is 2.33 bits per heavy atom. The largest absolute Gasteiger partial charge is 0.478 e. The minimum absolute atomic E-state index is 0.349. The van der Waals surface area contributed by atoms with E-state index in [4.69, 9.17) is 9.52 Å². The van der Waals surface area contributed by atoms with Crippen molar-refractivity contribution in [2.45, 2.75) is 44.9 Å². The van der Waals surface area contributed by atoms with Crippen LogP contribution in [0.3, 0.4) is 0 Å². The third kappa shape index (κ3) is 1.91. The quantitative estimate of drug-likeness (QED) is 0.826. The van der Waals surface area contributed by atoms with Gasteiger partial charge in [0.2, 0.25) is 0 Å². The summed E-state index contributed by atoms with van der Waals surface area (Å²) in [6.07, 6.45) is 5.13. The summed E-state index contributed by atoms with van der Waals surface area (Å²) in [6, 6.07) is 1.69. The van der Waals surface area contributed by atoms with Crippen LogP contribution in [0.4, 0.5) is 0 Å². The zero-order chi connectivity index (χ0) is 10.8. The molecular weight excluding hydrogens is 192 g/mol. The summed E-state index contributed by atoms with van der Waals surface area (Å²) in [5.41, 5.74) is 0.378. The van der Waals surface area contributed by atoms with E-state index in [0.717, 1.165) is 31.4 Å². The molecule has 3 heteroatoms. The van der Waals surface area contributed by atoms with Crippen LogP contribution < -0.4 is 0 Å². The Morgan fingerprint density at radius 3 is 2.80 bits per heavy atom. The molecule has 0 unspecified atom stereocenters. The molecule has 1 fully saturated rings. The SMILES string of the molecule is CCCc1cc(C(=O)O)c(C2CCC2)o1. The Bertz CT molecular complexity index is 361. The third-order valence-corrected chi connectivity index (χ3v) is 3.01. The summed E-state index contributed by atoms with van der Waals surface area (Å²) in [5.74, 6) is 1.01. The Morgan fingerprint density at radius 1 is 1.60 bits per heavy atom. The van der Waals surface area contributed by atoms with Crippen LogP contribution in [-0.4, -0.2) is 11.1 Å². The number of carboxylic acid groups (broad SMARTS) is 1. The molecule has 0 spiro atoms. The monoisotopic (exact) mass is 208 g/mol. The summed E-state index contributed by atoms with van der Waals surface area (Å²) in [7, 11) is 0. The molecule has 3 nitrogen and oxygen atoms in total. The van der Waals surface area contributed by atoms with E-state index >= 15 is 0 Å². The van der Waals surface area contributed by atoms with E-state index < -0.39 is 5.97 Å². The maximum Gasteiger partial charge on any atom is 0.339 e. The Kier molecular flexibility index (Phi) is 2.80. The molecule has 0 saturated heterocycles. The van der Waals surface area contributed by atoms with Gasteiger partial charge in [0.05, 0.1) is 0 Å². The van der Waals surface area contributed by atoms with Crippen LogP contribution in [0.15, 0.2) is 10.5 Å². The standard InChI is InChI=1S/C12H16O3/c1-2-4-9-7-10(12(13)14)11(15-9)8-5-3-6-8/h7-8H,2-6H2,1H3,(H,13,14). The number of furan rings is 1. The lowest BCUT2D eigenvalue weighted by Gasteiger charge is -2.23. The van der Waals surface area contributed by atoms with Crippen molar-refractivity contribution >= 4 is 5.97 Å². The molecule has 0 radical (unpaired) electrons. The Balaban J connectivity index is 2.28. The third-order valence-electron chi connectivity index (χ3n) is 3.01. The maximum absolute atomic E-state index is 11.0. The second-order valence-corrected chi connectivity index (χ2v) is 4.17. The highest BCUT2D eigenvalue weighted by molar-refractivity contribution is 5.89. The van der Waals surface area contributed by atoms with E-state index in [1.807, 2.05) is 0 Å². The van der Waals surface area contributed by atoms with E-state index in [2.05, 4.69) is 6.92 Å². The van der Waals surface area contributed by atoms with Crippen LogP contribution >= 0.6 is 0 Å². The molecule has 0 amide bonds. The zero-order valence-corrected chi connectivity index (χ0v) is 8.95. The fourth-order valence-corrected chi connectivity index (χ4v) is 1.97. The predicted molar refractivity (Wildman–Crippen MR) is 56.3 cm³/mol. The first-order valence-electron chi connectivity index (χ1n) is 5.58. The molecule has 1 saturated carbocycles. The average molecular weight is 208 g/mol. The van der Waals surface area contributed by atoms with Crippen LogP contribution in [0.2, 0.25) is 0 Å². The van der Waals surface area contributed by atoms with Crippen LogP contribution in [0, 0.1) is 0 Å². The number of rotatable bonds is 4. The van der Waals surface area contributed by atoms with Crippen LogP contribution in [0.5, 0.6) is 0 Å². The fourth-order valence-electron chi connectivity index (χ4n) is 1.97. The number of carbonyl (C=O) groups is 1. The van der Waals surface area contributed by atoms with Crippen molar-refractivity contribution < 1.29 is 14.3 Å². The molecule has 0 aromatic carbocycles. The van der Waals surface area contributed by atoms with Gasteiger partial charge in [0.1, 0.15) is 17.1 Å². The van der Waals surface area contributed by atoms with Crippen molar-refractivity contribution in [2.24, 2.45) is 0 Å². The lowest BCUT2D eigenvalue weighted by Crippen LogP contribution is -2.11. The van der Waals surface area contributed by atoms with Gasteiger partial charge in [0, 0.05) is 12.3 Å². The van der Waals surface area contributed by atoms with Crippen molar-refractivity contribution in [1.82, 2.24) is 0 Å². The van der Waals surface area contributed by atoms with Gasteiger partial charge in [0.15, 0.2) is 0 Å². The average Bonchev–Trinajstić information content (AvgIpc) is 2.46. The van der Waals surface area contributed by atoms with E-state index in [1.54, 1.807) is 6.07 Å². The van der Waals surface area contributed by atoms with Crippen molar-refractivity contribution in [3.05, 3.63) is 23.2 Å². The number of aromatic carboxylic acids is 1. The molecule has 0 bridgehead atoms. The lowest BCUT2D eigenvalue weighted by atomic mass is 9.82. The van der Waals surface area contributed by atoms with Crippen molar-refractivity contribution in [3.63, 3.8) is 0 Å². The van der Waals surface area contributed by atoms with E-state index in [1.165, 1.54) is 6.42 Å². The first kappa shape index (κ1) is 10.3. The fraction of sp³-hybridized carbons (Fsp3) is 0.583. The smallest absolute Gasteiger partial charge is 0.339 e. The van der Waals surface area contributed by atoms with Crippen molar-refractivity contribution in [3.8, 4) is 0 Å². The molecule has 1 aliphatic rings. The normalized spacial score (nSPS) is 16.3. The van der Waals surface area contributed by atoms with Gasteiger partial charge in [-0.15, -0.1) is 0 Å². The summed E-state index contributed by atoms with van der Waals surface area (Å²) in [6.45, 7) is 2.06. The number of hydrogen-bond donors (Lipinski definition) is 1. The molecule has 0 atom stereocenters. The summed E-state index contributed by atoms with van der Waals surface area (Å²) in [4.78, 5) is 11.0. The molecule has 15 heavy (non-hydrogen) atoms. The van der Waals surface area contributed by atoms with Gasteiger partial charge >= 0.3 is 5.97 Å². The van der Waals surface area contributed by atoms with Gasteiger partial charge in [-0.2, -0.15) is 0 Å². The van der Waals surface area contributed by atoms with Gasteiger partial charge in [-0.05, 0) is 25.3 Å². The lowest BCUT2D eigenvalue weighted by molar-refractivity contribution is 0.0692. The van der Waals surface area contributed by atoms with E-state index in [-0.39, 0.29) is 0 Å². The van der Waals surface area contributed by atoms with E-state index in [9.17, 15) is 4.79 Å². The number of aryl methyl sites for hydroxylation is 1. The van der Waals surface area contributed by atoms with Gasteiger partial charge < -0.3 is 9.52 Å². The minimum Gasteiger partial charge on any atom is -0.478 e. The highest BCUT2D eigenvalue weighted by Gasteiger charge is 2.28. The molecule has 1 N–H and O–H groups in total. The predicted octanol–water partition coefficient (Wildman–Crippen LogP) is 3.20. The van der Waals surface area contributed by atoms with E-state index in [0.29, 0.717) is 17.2 Å². The molecule has 1 aliphatic carbocycles. The van der Waals surface area contributed by atoms with Crippen molar-refractivity contribution in [1.29, 1.82) is 0 Å². The molecular formula is C12H16O3. The minimum atomic E-state index is -0.858. The van der Waals surface area contributed by atoms with Crippen LogP contribution in [-0.2, 0) is 6.42 Å². The van der Waals surface area contributed by atoms with Gasteiger partial charge in [-0.25, -0.2) is 4.79 Å². The first-order chi connectivity index (χ1) is 7.22. The highest BCUT2D eigenvalue weighted by Crippen LogP contribution is 2.39. The van der Waals surface area contributed by atoms with Crippen LogP contribution in [0.25, 0.3) is 0 Å². The Labute approximate surface area is 89.1 Å². The second kappa shape index (κ2) is 4.09. The summed E-state index contributed by atoms with van der Waals surface area (Å²) < 4.78 is 5.64. The second-order valence-electron chi connectivity index (χ2n) is 4.17. The molecule has 2 rings (SSSR count). The summed E-state index contributed by atoms with van der Waals surface area (Å²) in [5, 5.41) is 9.06. The van der Waals surface area contributed by atoms with Crippen LogP contribution in [0.1, 0.15) is 60.4 Å². The molecule has 1 aromatic rings. The maximum atomic E-state index is 11.0.